The molecule has 0 radical (unpaired) electrons. The maximum atomic E-state index is 14.4. The highest BCUT2D eigenvalue weighted by atomic mass is 19.1. The van der Waals surface area contributed by atoms with Crippen LogP contribution in [-0.4, -0.2) is 15.3 Å². The summed E-state index contributed by atoms with van der Waals surface area (Å²) >= 11 is 0. The molecule has 3 rings (SSSR count). The highest BCUT2D eigenvalue weighted by Gasteiger charge is 2.33. The van der Waals surface area contributed by atoms with Crippen LogP contribution in [0, 0.1) is 11.3 Å². The molecule has 1 aliphatic rings. The van der Waals surface area contributed by atoms with Gasteiger partial charge in [-0.2, -0.15) is 5.26 Å². The molecule has 0 bridgehead atoms. The van der Waals surface area contributed by atoms with Gasteiger partial charge in [-0.25, -0.2) is 9.18 Å². The van der Waals surface area contributed by atoms with E-state index in [1.54, 1.807) is 12.1 Å². The number of hydrogen-bond donors (Lipinski definition) is 1. The molecule has 1 aromatic heterocycles. The lowest BCUT2D eigenvalue weighted by Crippen LogP contribution is -2.40. The van der Waals surface area contributed by atoms with Crippen molar-refractivity contribution in [2.24, 2.45) is 14.1 Å². The summed E-state index contributed by atoms with van der Waals surface area (Å²) in [6.45, 7) is 0. The van der Waals surface area contributed by atoms with Crippen molar-refractivity contribution in [3.63, 3.8) is 0 Å². The fourth-order valence-electron chi connectivity index (χ4n) is 2.98. The van der Waals surface area contributed by atoms with Crippen LogP contribution in [0.1, 0.15) is 22.7 Å². The normalized spacial score (nSPS) is 19.2. The number of hydrogen-bond acceptors (Lipinski definition) is 4. The molecule has 23 heavy (non-hydrogen) atoms. The number of benzene rings is 1. The Kier molecular flexibility index (Phi) is 3.52. The van der Waals surface area contributed by atoms with Crippen molar-refractivity contribution in [1.82, 2.24) is 9.13 Å². The van der Waals surface area contributed by atoms with Crippen LogP contribution >= 0.6 is 0 Å². The van der Waals surface area contributed by atoms with Gasteiger partial charge in [-0.15, -0.1) is 0 Å². The SMILES string of the molecule is Cn1c(N[C@H]2c3ccccc3C[C@H]2F)c(C#N)c(=O)n(C)c1=O. The van der Waals surface area contributed by atoms with E-state index < -0.39 is 23.5 Å². The van der Waals surface area contributed by atoms with Crippen LogP contribution in [-0.2, 0) is 20.5 Å². The number of rotatable bonds is 2. The third-order valence-electron chi connectivity index (χ3n) is 4.24. The average Bonchev–Trinajstić information content (AvgIpc) is 2.86. The average molecular weight is 314 g/mol. The Morgan fingerprint density at radius 3 is 2.65 bits per heavy atom. The summed E-state index contributed by atoms with van der Waals surface area (Å²) in [6.07, 6.45) is -0.938. The summed E-state index contributed by atoms with van der Waals surface area (Å²) in [5.74, 6) is 0.0463. The number of fused-ring (bicyclic) bond motifs is 1. The molecule has 0 aliphatic heterocycles. The molecule has 0 saturated carbocycles. The molecule has 1 N–H and O–H groups in total. The molecule has 0 fully saturated rings. The fraction of sp³-hybridized carbons (Fsp3) is 0.312. The number of aromatic nitrogens is 2. The molecule has 1 aliphatic carbocycles. The Labute approximate surface area is 131 Å². The minimum atomic E-state index is -1.20. The van der Waals surface area contributed by atoms with Crippen LogP contribution in [0.5, 0.6) is 0 Å². The number of alkyl halides is 1. The van der Waals surface area contributed by atoms with E-state index in [4.69, 9.17) is 0 Å². The lowest BCUT2D eigenvalue weighted by molar-refractivity contribution is 0.314. The largest absolute Gasteiger partial charge is 0.360 e. The van der Waals surface area contributed by atoms with Crippen molar-refractivity contribution in [3.8, 4) is 6.07 Å². The topological polar surface area (TPSA) is 79.8 Å². The third kappa shape index (κ3) is 2.23. The molecular weight excluding hydrogens is 299 g/mol. The van der Waals surface area contributed by atoms with Gasteiger partial charge in [-0.05, 0) is 11.1 Å². The van der Waals surface area contributed by atoms with Crippen molar-refractivity contribution in [1.29, 1.82) is 5.26 Å². The van der Waals surface area contributed by atoms with E-state index in [-0.39, 0.29) is 17.8 Å². The minimum Gasteiger partial charge on any atom is -0.360 e. The zero-order chi connectivity index (χ0) is 16.7. The molecule has 0 saturated heterocycles. The highest BCUT2D eigenvalue weighted by molar-refractivity contribution is 5.54. The Hall–Kier alpha value is -2.88. The predicted molar refractivity (Wildman–Crippen MR) is 83.0 cm³/mol. The van der Waals surface area contributed by atoms with Gasteiger partial charge in [0, 0.05) is 20.5 Å². The summed E-state index contributed by atoms with van der Waals surface area (Å²) in [7, 11) is 2.75. The number of halogens is 1. The molecule has 2 atom stereocenters. The molecule has 6 nitrogen and oxygen atoms in total. The van der Waals surface area contributed by atoms with Gasteiger partial charge >= 0.3 is 5.69 Å². The molecule has 0 spiro atoms. The Morgan fingerprint density at radius 2 is 1.96 bits per heavy atom. The van der Waals surface area contributed by atoms with Crippen LogP contribution in [0.3, 0.4) is 0 Å². The smallest absolute Gasteiger partial charge is 0.332 e. The van der Waals surface area contributed by atoms with E-state index in [0.717, 1.165) is 20.3 Å². The Bertz CT molecular complexity index is 939. The van der Waals surface area contributed by atoms with E-state index in [9.17, 15) is 19.2 Å². The second kappa shape index (κ2) is 5.39. The van der Waals surface area contributed by atoms with Crippen LogP contribution in [0.2, 0.25) is 0 Å². The van der Waals surface area contributed by atoms with Gasteiger partial charge in [0.1, 0.15) is 18.1 Å². The maximum Gasteiger partial charge on any atom is 0.332 e. The molecule has 118 valence electrons. The standard InChI is InChI=1S/C16H15FN4O2/c1-20-14(11(8-18)15(22)21(2)16(20)23)19-13-10-6-4-3-5-9(10)7-12(13)17/h3-6,12-13,19H,7H2,1-2H3/t12-,13+/m1/s1. The fourth-order valence-corrected chi connectivity index (χ4v) is 2.98. The summed E-state index contributed by atoms with van der Waals surface area (Å²) < 4.78 is 16.4. The van der Waals surface area contributed by atoms with Crippen molar-refractivity contribution >= 4 is 5.82 Å². The summed E-state index contributed by atoms with van der Waals surface area (Å²) in [5.41, 5.74) is 0.186. The maximum absolute atomic E-state index is 14.4. The monoisotopic (exact) mass is 314 g/mol. The first-order chi connectivity index (χ1) is 11.0. The van der Waals surface area contributed by atoms with Crippen LogP contribution < -0.4 is 16.6 Å². The number of nitrogens with zero attached hydrogens (tertiary/aromatic N) is 3. The van der Waals surface area contributed by atoms with Crippen molar-refractivity contribution in [3.05, 3.63) is 61.8 Å². The van der Waals surface area contributed by atoms with E-state index >= 15 is 0 Å². The number of anilines is 1. The highest BCUT2D eigenvalue weighted by Crippen LogP contribution is 2.35. The molecule has 1 aromatic carbocycles. The van der Waals surface area contributed by atoms with Gasteiger partial charge in [0.25, 0.3) is 5.56 Å². The minimum absolute atomic E-state index is 0.0463. The molecule has 2 aromatic rings. The lowest BCUT2D eigenvalue weighted by atomic mass is 10.1. The first-order valence-corrected chi connectivity index (χ1v) is 7.14. The summed E-state index contributed by atoms with van der Waals surface area (Å²) in [5, 5.41) is 12.2. The zero-order valence-electron chi connectivity index (χ0n) is 12.7. The summed E-state index contributed by atoms with van der Waals surface area (Å²) in [4.78, 5) is 24.1. The second-order valence-corrected chi connectivity index (χ2v) is 5.58. The molecule has 0 amide bonds. The number of nitriles is 1. The van der Waals surface area contributed by atoms with E-state index in [0.29, 0.717) is 0 Å². The molecule has 1 heterocycles. The number of nitrogens with one attached hydrogen (secondary N) is 1. The van der Waals surface area contributed by atoms with Gasteiger partial charge in [0.2, 0.25) is 0 Å². The summed E-state index contributed by atoms with van der Waals surface area (Å²) in [6, 6.07) is 8.40. The molecule has 7 heteroatoms. The molecular formula is C16H15FN4O2. The predicted octanol–water partition coefficient (Wildman–Crippen LogP) is 1.00. The zero-order valence-corrected chi connectivity index (χ0v) is 12.7. The van der Waals surface area contributed by atoms with Crippen molar-refractivity contribution in [2.75, 3.05) is 5.32 Å². The Morgan fingerprint density at radius 1 is 1.26 bits per heavy atom. The quantitative estimate of drug-likeness (QED) is 0.897. The van der Waals surface area contributed by atoms with Gasteiger partial charge in [0.05, 0.1) is 6.04 Å². The van der Waals surface area contributed by atoms with Crippen LogP contribution in [0.15, 0.2) is 33.9 Å². The lowest BCUT2D eigenvalue weighted by Gasteiger charge is -2.21. The third-order valence-corrected chi connectivity index (χ3v) is 4.24. The first-order valence-electron chi connectivity index (χ1n) is 7.14. The van der Waals surface area contributed by atoms with E-state index in [1.165, 1.54) is 14.1 Å². The van der Waals surface area contributed by atoms with Crippen molar-refractivity contribution in [2.45, 2.75) is 18.6 Å². The van der Waals surface area contributed by atoms with E-state index in [1.807, 2.05) is 18.2 Å². The van der Waals surface area contributed by atoms with Gasteiger partial charge in [-0.1, -0.05) is 24.3 Å². The van der Waals surface area contributed by atoms with Gasteiger partial charge in [0.15, 0.2) is 5.56 Å². The van der Waals surface area contributed by atoms with Gasteiger partial charge < -0.3 is 5.32 Å². The van der Waals surface area contributed by atoms with Crippen molar-refractivity contribution < 1.29 is 4.39 Å². The Balaban J connectivity index is 2.14. The molecule has 0 unspecified atom stereocenters. The van der Waals surface area contributed by atoms with E-state index in [2.05, 4.69) is 5.32 Å². The van der Waals surface area contributed by atoms with Crippen LogP contribution in [0.4, 0.5) is 10.2 Å². The first kappa shape index (κ1) is 15.0. The van der Waals surface area contributed by atoms with Crippen LogP contribution in [0.25, 0.3) is 0 Å². The van der Waals surface area contributed by atoms with Gasteiger partial charge in [-0.3, -0.25) is 13.9 Å². The second-order valence-electron chi connectivity index (χ2n) is 5.58.